The lowest BCUT2D eigenvalue weighted by molar-refractivity contribution is -0.145. The van der Waals surface area contributed by atoms with Crippen molar-refractivity contribution in [3.8, 4) is 0 Å². The van der Waals surface area contributed by atoms with Crippen molar-refractivity contribution in [1.29, 1.82) is 0 Å². The summed E-state index contributed by atoms with van der Waals surface area (Å²) in [7, 11) is 0. The van der Waals surface area contributed by atoms with E-state index in [1.807, 2.05) is 22.1 Å². The minimum atomic E-state index is -0.422. The van der Waals surface area contributed by atoms with Crippen molar-refractivity contribution in [2.24, 2.45) is 5.16 Å². The molecule has 2 saturated heterocycles. The third-order valence-electron chi connectivity index (χ3n) is 7.21. The summed E-state index contributed by atoms with van der Waals surface area (Å²) >= 11 is 11.7. The molecule has 1 aromatic heterocycles. The van der Waals surface area contributed by atoms with Gasteiger partial charge in [0.1, 0.15) is 17.1 Å². The summed E-state index contributed by atoms with van der Waals surface area (Å²) in [5.41, 5.74) is 0.0892. The topological polar surface area (TPSA) is 82.5 Å². The van der Waals surface area contributed by atoms with Crippen LogP contribution in [0.3, 0.4) is 0 Å². The van der Waals surface area contributed by atoms with Gasteiger partial charge in [-0.05, 0) is 37.2 Å². The number of anilines is 1. The number of pyridine rings is 1. The number of amides is 1. The molecule has 11 heteroatoms. The Hall–Kier alpha value is -2.17. The number of aromatic nitrogens is 1. The minimum Gasteiger partial charge on any atom is -0.388 e. The number of hydrogen-bond donors (Lipinski definition) is 1. The zero-order chi connectivity index (χ0) is 23.5. The standard InChI is InChI=1S/C23H31ClN6O3S/c24-18-6-3-9-25-20(18)28-12-14-29(15-13-28)21(31)19-16-23(33-27-19)7-10-30(11-8-23)32-22(34)26-17-4-1-2-5-17/h3,6,9,17H,1-2,4-5,7-8,10-16H2,(H,26,34). The first-order valence-corrected chi connectivity index (χ1v) is 12.9. The molecule has 1 spiro atoms. The maximum absolute atomic E-state index is 13.1. The van der Waals surface area contributed by atoms with E-state index in [9.17, 15) is 4.79 Å². The fourth-order valence-electron chi connectivity index (χ4n) is 5.18. The Morgan fingerprint density at radius 2 is 1.91 bits per heavy atom. The van der Waals surface area contributed by atoms with Crippen molar-refractivity contribution in [3.05, 3.63) is 23.4 Å². The zero-order valence-corrected chi connectivity index (χ0v) is 20.8. The second kappa shape index (κ2) is 10.2. The molecule has 184 valence electrons. The van der Waals surface area contributed by atoms with Crippen LogP contribution in [0.25, 0.3) is 0 Å². The SMILES string of the molecule is O=C(C1=NOC2(CCN(OC(=S)NC3CCCC3)CC2)C1)N1CCN(c2ncccc2Cl)CC1. The number of piperazine rings is 1. The average Bonchev–Trinajstić information content (AvgIpc) is 3.51. The molecule has 0 aromatic carbocycles. The smallest absolute Gasteiger partial charge is 0.278 e. The van der Waals surface area contributed by atoms with Crippen LogP contribution < -0.4 is 10.2 Å². The quantitative estimate of drug-likeness (QED) is 0.624. The van der Waals surface area contributed by atoms with Crippen LogP contribution in [0.4, 0.5) is 5.82 Å². The Morgan fingerprint density at radius 3 is 2.62 bits per heavy atom. The van der Waals surface area contributed by atoms with Crippen molar-refractivity contribution in [2.45, 2.75) is 56.6 Å². The number of piperidine rings is 1. The molecular weight excluding hydrogens is 476 g/mol. The first-order valence-electron chi connectivity index (χ1n) is 12.1. The second-order valence-corrected chi connectivity index (χ2v) is 10.3. The molecule has 1 aromatic rings. The monoisotopic (exact) mass is 506 g/mol. The maximum Gasteiger partial charge on any atom is 0.278 e. The van der Waals surface area contributed by atoms with Gasteiger partial charge in [0, 0.05) is 70.8 Å². The molecule has 0 radical (unpaired) electrons. The Bertz CT molecular complexity index is 940. The van der Waals surface area contributed by atoms with Gasteiger partial charge in [-0.1, -0.05) is 29.6 Å². The van der Waals surface area contributed by atoms with E-state index in [4.69, 9.17) is 33.5 Å². The number of halogens is 1. The molecule has 5 rings (SSSR count). The van der Waals surface area contributed by atoms with Gasteiger partial charge in [-0.15, -0.1) is 5.06 Å². The maximum atomic E-state index is 13.1. The summed E-state index contributed by atoms with van der Waals surface area (Å²) in [6, 6.07) is 4.09. The molecule has 1 N–H and O–H groups in total. The van der Waals surface area contributed by atoms with Crippen molar-refractivity contribution < 1.29 is 14.5 Å². The Kier molecular flexibility index (Phi) is 7.08. The van der Waals surface area contributed by atoms with Gasteiger partial charge >= 0.3 is 0 Å². The van der Waals surface area contributed by atoms with Gasteiger partial charge in [-0.25, -0.2) is 4.98 Å². The lowest BCUT2D eigenvalue weighted by atomic mass is 9.87. The first-order chi connectivity index (χ1) is 16.5. The van der Waals surface area contributed by atoms with Crippen LogP contribution in [0.2, 0.25) is 5.02 Å². The molecule has 1 amide bonds. The van der Waals surface area contributed by atoms with E-state index in [0.29, 0.717) is 67.6 Å². The Morgan fingerprint density at radius 1 is 1.18 bits per heavy atom. The molecule has 3 fully saturated rings. The van der Waals surface area contributed by atoms with E-state index in [1.165, 1.54) is 12.8 Å². The number of nitrogens with zero attached hydrogens (tertiary/aromatic N) is 5. The second-order valence-electron chi connectivity index (χ2n) is 9.51. The van der Waals surface area contributed by atoms with Gasteiger partial charge in [0.25, 0.3) is 11.1 Å². The van der Waals surface area contributed by atoms with Crippen LogP contribution in [0.5, 0.6) is 0 Å². The molecule has 1 aliphatic carbocycles. The van der Waals surface area contributed by atoms with Crippen LogP contribution in [0.1, 0.15) is 44.9 Å². The van der Waals surface area contributed by atoms with E-state index >= 15 is 0 Å². The lowest BCUT2D eigenvalue weighted by Crippen LogP contribution is -2.51. The summed E-state index contributed by atoms with van der Waals surface area (Å²) in [6.45, 7) is 3.95. The summed E-state index contributed by atoms with van der Waals surface area (Å²) in [5, 5.41) is 10.5. The number of nitrogens with one attached hydrogen (secondary N) is 1. The van der Waals surface area contributed by atoms with Crippen molar-refractivity contribution >= 4 is 46.4 Å². The molecule has 3 aliphatic heterocycles. The van der Waals surface area contributed by atoms with Gasteiger partial charge in [-0.2, -0.15) is 0 Å². The van der Waals surface area contributed by atoms with Gasteiger partial charge in [0.2, 0.25) is 0 Å². The van der Waals surface area contributed by atoms with Crippen molar-refractivity contribution in [1.82, 2.24) is 20.3 Å². The third-order valence-corrected chi connectivity index (χ3v) is 7.70. The van der Waals surface area contributed by atoms with Gasteiger partial charge in [-0.3, -0.25) is 4.79 Å². The number of carbonyl (C=O) groups excluding carboxylic acids is 1. The highest BCUT2D eigenvalue weighted by atomic mass is 35.5. The number of oxime groups is 1. The molecular formula is C23H31ClN6O3S. The van der Waals surface area contributed by atoms with Crippen molar-refractivity contribution in [3.63, 3.8) is 0 Å². The Labute approximate surface area is 210 Å². The summed E-state index contributed by atoms with van der Waals surface area (Å²) in [6.07, 6.45) is 8.56. The van der Waals surface area contributed by atoms with E-state index in [2.05, 4.69) is 20.4 Å². The molecule has 9 nitrogen and oxygen atoms in total. The molecule has 1 saturated carbocycles. The van der Waals surface area contributed by atoms with Gasteiger partial charge in [0.15, 0.2) is 0 Å². The van der Waals surface area contributed by atoms with Crippen LogP contribution in [-0.4, -0.2) is 82.7 Å². The first kappa shape index (κ1) is 23.6. The predicted molar refractivity (Wildman–Crippen MR) is 134 cm³/mol. The van der Waals surface area contributed by atoms with E-state index in [1.54, 1.807) is 6.20 Å². The largest absolute Gasteiger partial charge is 0.388 e. The highest BCUT2D eigenvalue weighted by Crippen LogP contribution is 2.35. The summed E-state index contributed by atoms with van der Waals surface area (Å²) in [5.74, 6) is 0.730. The van der Waals surface area contributed by atoms with Crippen LogP contribution in [-0.2, 0) is 14.5 Å². The minimum absolute atomic E-state index is 0.0377. The molecule has 0 bridgehead atoms. The molecule has 34 heavy (non-hydrogen) atoms. The third kappa shape index (κ3) is 5.23. The highest BCUT2D eigenvalue weighted by Gasteiger charge is 2.45. The Balaban J connectivity index is 1.07. The van der Waals surface area contributed by atoms with E-state index in [-0.39, 0.29) is 5.91 Å². The molecule has 0 atom stereocenters. The highest BCUT2D eigenvalue weighted by molar-refractivity contribution is 7.80. The number of carbonyl (C=O) groups is 1. The summed E-state index contributed by atoms with van der Waals surface area (Å²) < 4.78 is 0. The average molecular weight is 507 g/mol. The van der Waals surface area contributed by atoms with E-state index < -0.39 is 5.60 Å². The fourth-order valence-corrected chi connectivity index (χ4v) is 5.70. The normalized spacial score (nSPS) is 23.0. The van der Waals surface area contributed by atoms with Crippen LogP contribution in [0.15, 0.2) is 23.5 Å². The zero-order valence-electron chi connectivity index (χ0n) is 19.2. The predicted octanol–water partition coefficient (Wildman–Crippen LogP) is 2.74. The molecule has 4 heterocycles. The number of hydrogen-bond acceptors (Lipinski definition) is 8. The molecule has 4 aliphatic rings. The number of rotatable bonds is 4. The molecule has 0 unspecified atom stereocenters. The lowest BCUT2D eigenvalue weighted by Gasteiger charge is -2.37. The summed E-state index contributed by atoms with van der Waals surface area (Å²) in [4.78, 5) is 33.1. The van der Waals surface area contributed by atoms with Crippen LogP contribution in [0, 0.1) is 0 Å². The number of hydroxylamine groups is 2. The fraction of sp³-hybridized carbons (Fsp3) is 0.652. The van der Waals surface area contributed by atoms with Crippen molar-refractivity contribution in [2.75, 3.05) is 44.2 Å². The van der Waals surface area contributed by atoms with Gasteiger partial charge in [0.05, 0.1) is 5.02 Å². The van der Waals surface area contributed by atoms with Crippen LogP contribution >= 0.6 is 23.8 Å². The van der Waals surface area contributed by atoms with Gasteiger partial charge < -0.3 is 24.8 Å². The number of thiocarbonyl (C=S) groups is 1. The van der Waals surface area contributed by atoms with E-state index in [0.717, 1.165) is 31.5 Å².